The number of ketones is 1. The highest BCUT2D eigenvalue weighted by molar-refractivity contribution is 6.31. The molecule has 10 heteroatoms. The fourth-order valence-corrected chi connectivity index (χ4v) is 4.67. The highest BCUT2D eigenvalue weighted by Gasteiger charge is 2.46. The Labute approximate surface area is 208 Å². The second-order valence-electron chi connectivity index (χ2n) is 8.16. The van der Waals surface area contributed by atoms with Gasteiger partial charge in [-0.15, -0.1) is 0 Å². The van der Waals surface area contributed by atoms with Crippen molar-refractivity contribution in [3.63, 3.8) is 0 Å². The summed E-state index contributed by atoms with van der Waals surface area (Å²) < 4.78 is 11.2. The van der Waals surface area contributed by atoms with E-state index in [-0.39, 0.29) is 17.3 Å². The molecule has 1 aliphatic rings. The van der Waals surface area contributed by atoms with Crippen LogP contribution in [0.2, 0.25) is 5.02 Å². The number of aliphatic hydroxyl groups excluding tert-OH is 1. The van der Waals surface area contributed by atoms with Crippen LogP contribution in [0.1, 0.15) is 22.2 Å². The predicted octanol–water partition coefficient (Wildman–Crippen LogP) is 5.15. The van der Waals surface area contributed by atoms with Crippen molar-refractivity contribution in [3.05, 3.63) is 94.7 Å². The molecule has 1 unspecified atom stereocenters. The zero-order valence-corrected chi connectivity index (χ0v) is 19.5. The second-order valence-corrected chi connectivity index (χ2v) is 8.60. The lowest BCUT2D eigenvalue weighted by molar-refractivity contribution is -0.117. The number of aromatic nitrogens is 3. The van der Waals surface area contributed by atoms with E-state index < -0.39 is 23.5 Å². The summed E-state index contributed by atoms with van der Waals surface area (Å²) in [5.74, 6) is -1.65. The van der Waals surface area contributed by atoms with Gasteiger partial charge in [0.25, 0.3) is 5.91 Å². The SMILES string of the molecule is COc1cc(Cl)cc2cc(C(=O)C3=C(O)C(=O)N(c4nc5ccccc5[nH]4)C3c3ccncc3)oc12. The molecule has 0 fully saturated rings. The zero-order chi connectivity index (χ0) is 25.0. The quantitative estimate of drug-likeness (QED) is 0.320. The molecule has 5 aromatic rings. The third-order valence-electron chi connectivity index (χ3n) is 6.07. The number of methoxy groups -OCH3 is 1. The first-order valence-corrected chi connectivity index (χ1v) is 11.3. The third kappa shape index (κ3) is 3.32. The Balaban J connectivity index is 1.50. The second kappa shape index (κ2) is 8.24. The Kier molecular flexibility index (Phi) is 5.01. The number of nitrogens with zero attached hydrogens (tertiary/aromatic N) is 3. The normalized spacial score (nSPS) is 15.9. The van der Waals surface area contributed by atoms with Gasteiger partial charge in [-0.3, -0.25) is 19.5 Å². The van der Waals surface area contributed by atoms with Crippen LogP contribution in [0.25, 0.3) is 22.0 Å². The number of aliphatic hydroxyl groups is 1. The number of hydrogen-bond donors (Lipinski definition) is 2. The van der Waals surface area contributed by atoms with Crippen molar-refractivity contribution in [3.8, 4) is 5.75 Å². The first-order valence-electron chi connectivity index (χ1n) is 10.9. The number of H-pyrrole nitrogens is 1. The first kappa shape index (κ1) is 21.9. The molecule has 1 amide bonds. The molecule has 0 radical (unpaired) electrons. The van der Waals surface area contributed by atoms with Gasteiger partial charge in [-0.1, -0.05) is 23.7 Å². The Morgan fingerprint density at radius 3 is 2.69 bits per heavy atom. The minimum absolute atomic E-state index is 0.0783. The summed E-state index contributed by atoms with van der Waals surface area (Å²) in [7, 11) is 1.46. The van der Waals surface area contributed by atoms with Crippen molar-refractivity contribution in [2.75, 3.05) is 12.0 Å². The van der Waals surface area contributed by atoms with E-state index in [1.807, 2.05) is 18.2 Å². The lowest BCUT2D eigenvalue weighted by Crippen LogP contribution is -2.32. The van der Waals surface area contributed by atoms with Crippen LogP contribution in [-0.4, -0.2) is 38.9 Å². The van der Waals surface area contributed by atoms with Gasteiger partial charge >= 0.3 is 0 Å². The molecule has 4 heterocycles. The highest BCUT2D eigenvalue weighted by Crippen LogP contribution is 2.42. The fourth-order valence-electron chi connectivity index (χ4n) is 4.45. The van der Waals surface area contributed by atoms with Crippen LogP contribution in [0.4, 0.5) is 5.95 Å². The number of rotatable bonds is 5. The van der Waals surface area contributed by atoms with E-state index in [0.29, 0.717) is 38.3 Å². The number of halogens is 1. The molecule has 3 aromatic heterocycles. The maximum Gasteiger partial charge on any atom is 0.296 e. The number of anilines is 1. The molecule has 9 nitrogen and oxygen atoms in total. The molecule has 6 rings (SSSR count). The molecule has 0 spiro atoms. The number of Topliss-reactive ketones (excluding diaryl/α,β-unsaturated/α-hetero) is 1. The summed E-state index contributed by atoms with van der Waals surface area (Å²) in [5, 5.41) is 11.9. The number of aromatic amines is 1. The molecule has 178 valence electrons. The van der Waals surface area contributed by atoms with E-state index in [2.05, 4.69) is 15.0 Å². The van der Waals surface area contributed by atoms with Crippen molar-refractivity contribution >= 4 is 51.2 Å². The number of para-hydroxylation sites is 2. The van der Waals surface area contributed by atoms with Crippen molar-refractivity contribution in [1.29, 1.82) is 0 Å². The van der Waals surface area contributed by atoms with Gasteiger partial charge in [-0.2, -0.15) is 0 Å². The number of fused-ring (bicyclic) bond motifs is 2. The van der Waals surface area contributed by atoms with E-state index in [1.54, 1.807) is 42.7 Å². The molecule has 0 aliphatic carbocycles. The maximum absolute atomic E-state index is 13.8. The summed E-state index contributed by atoms with van der Waals surface area (Å²) in [4.78, 5) is 40.1. The van der Waals surface area contributed by atoms with Crippen molar-refractivity contribution in [1.82, 2.24) is 15.0 Å². The van der Waals surface area contributed by atoms with E-state index in [1.165, 1.54) is 18.1 Å². The van der Waals surface area contributed by atoms with E-state index in [0.717, 1.165) is 0 Å². The van der Waals surface area contributed by atoms with Gasteiger partial charge in [0.15, 0.2) is 22.9 Å². The highest BCUT2D eigenvalue weighted by atomic mass is 35.5. The molecular weight excluding hydrogens is 484 g/mol. The van der Waals surface area contributed by atoms with Crippen LogP contribution < -0.4 is 9.64 Å². The number of furan rings is 1. The van der Waals surface area contributed by atoms with Crippen LogP contribution in [0.5, 0.6) is 5.75 Å². The van der Waals surface area contributed by atoms with Gasteiger partial charge in [0, 0.05) is 28.9 Å². The molecule has 0 saturated heterocycles. The number of amides is 1. The lowest BCUT2D eigenvalue weighted by Gasteiger charge is -2.24. The first-order chi connectivity index (χ1) is 17.5. The number of pyridine rings is 1. The molecule has 2 aromatic carbocycles. The third-order valence-corrected chi connectivity index (χ3v) is 6.29. The summed E-state index contributed by atoms with van der Waals surface area (Å²) in [6.07, 6.45) is 3.09. The Bertz CT molecular complexity index is 1670. The standard InChI is InChI=1S/C26H17ClN4O5/c1-35-19-12-15(27)10-14-11-18(36-24(14)19)22(32)20-21(13-6-8-28-9-7-13)31(25(34)23(20)33)26-29-16-4-2-3-5-17(16)30-26/h2-12,21,33H,1H3,(H,29,30). The van der Waals surface area contributed by atoms with Crippen LogP contribution in [0.3, 0.4) is 0 Å². The van der Waals surface area contributed by atoms with Gasteiger partial charge < -0.3 is 19.2 Å². The smallest absolute Gasteiger partial charge is 0.296 e. The number of ether oxygens (including phenoxy) is 1. The van der Waals surface area contributed by atoms with Crippen molar-refractivity contribution < 1.29 is 23.8 Å². The molecular formula is C26H17ClN4O5. The number of hydrogen-bond acceptors (Lipinski definition) is 7. The number of nitrogens with one attached hydrogen (secondary N) is 1. The molecule has 0 bridgehead atoms. The largest absolute Gasteiger partial charge is 0.503 e. The molecule has 36 heavy (non-hydrogen) atoms. The number of imidazole rings is 1. The molecule has 0 saturated carbocycles. The summed E-state index contributed by atoms with van der Waals surface area (Å²) in [6, 6.07) is 14.3. The Morgan fingerprint density at radius 2 is 1.94 bits per heavy atom. The molecule has 1 aliphatic heterocycles. The van der Waals surface area contributed by atoms with E-state index >= 15 is 0 Å². The monoisotopic (exact) mass is 500 g/mol. The molecule has 1 atom stereocenters. The van der Waals surface area contributed by atoms with Gasteiger partial charge in [-0.05, 0) is 42.0 Å². The predicted molar refractivity (Wildman–Crippen MR) is 132 cm³/mol. The minimum atomic E-state index is -0.979. The van der Waals surface area contributed by atoms with E-state index in [9.17, 15) is 14.7 Å². The maximum atomic E-state index is 13.8. The zero-order valence-electron chi connectivity index (χ0n) is 18.7. The minimum Gasteiger partial charge on any atom is -0.503 e. The number of carbonyl (C=O) groups is 2. The van der Waals surface area contributed by atoms with Crippen molar-refractivity contribution in [2.45, 2.75) is 6.04 Å². The van der Waals surface area contributed by atoms with E-state index in [4.69, 9.17) is 20.8 Å². The Hall–Kier alpha value is -4.63. The topological polar surface area (TPSA) is 122 Å². The average molecular weight is 501 g/mol. The van der Waals surface area contributed by atoms with Crippen LogP contribution >= 0.6 is 11.6 Å². The number of carbonyl (C=O) groups excluding carboxylic acids is 2. The summed E-state index contributed by atoms with van der Waals surface area (Å²) in [6.45, 7) is 0. The van der Waals surface area contributed by atoms with Gasteiger partial charge in [0.1, 0.15) is 0 Å². The van der Waals surface area contributed by atoms with Gasteiger partial charge in [0.2, 0.25) is 11.7 Å². The molecule has 2 N–H and O–H groups in total. The van der Waals surface area contributed by atoms with Gasteiger partial charge in [-0.25, -0.2) is 4.98 Å². The lowest BCUT2D eigenvalue weighted by atomic mass is 9.96. The van der Waals surface area contributed by atoms with Crippen molar-refractivity contribution in [2.24, 2.45) is 0 Å². The average Bonchev–Trinajstić information content (AvgIpc) is 3.58. The summed E-state index contributed by atoms with van der Waals surface area (Å²) in [5.41, 5.74) is 2.08. The van der Waals surface area contributed by atoms with Crippen LogP contribution in [0, 0.1) is 0 Å². The van der Waals surface area contributed by atoms with Gasteiger partial charge in [0.05, 0.1) is 29.8 Å². The Morgan fingerprint density at radius 1 is 1.17 bits per heavy atom. The summed E-state index contributed by atoms with van der Waals surface area (Å²) >= 11 is 6.16. The fraction of sp³-hybridized carbons (Fsp3) is 0.0769. The number of benzene rings is 2. The van der Waals surface area contributed by atoms with Crippen LogP contribution in [0.15, 0.2) is 82.7 Å². The van der Waals surface area contributed by atoms with Crippen LogP contribution in [-0.2, 0) is 4.79 Å².